The van der Waals surface area contributed by atoms with E-state index in [0.29, 0.717) is 17.3 Å². The fourth-order valence-corrected chi connectivity index (χ4v) is 2.24. The Kier molecular flexibility index (Phi) is 4.98. The first-order valence-electron chi connectivity index (χ1n) is 7.81. The maximum Gasteiger partial charge on any atom is 0.270 e. The molecular formula is C18H24N4O. The Morgan fingerprint density at radius 2 is 1.87 bits per heavy atom. The second-order valence-electron chi connectivity index (χ2n) is 6.53. The summed E-state index contributed by atoms with van der Waals surface area (Å²) in [6, 6.07) is 9.75. The number of para-hydroxylation sites is 1. The first-order chi connectivity index (χ1) is 10.8. The largest absolute Gasteiger partial charge is 0.346 e. The van der Waals surface area contributed by atoms with Crippen molar-refractivity contribution in [1.82, 2.24) is 15.3 Å². The molecule has 2 rings (SSSR count). The van der Waals surface area contributed by atoms with E-state index in [1.165, 1.54) is 5.56 Å². The molecule has 0 radical (unpaired) electrons. The van der Waals surface area contributed by atoms with Gasteiger partial charge in [-0.15, -0.1) is 0 Å². The quantitative estimate of drug-likeness (QED) is 0.905. The predicted octanol–water partition coefficient (Wildman–Crippen LogP) is 3.62. The van der Waals surface area contributed by atoms with E-state index in [1.54, 1.807) is 13.0 Å². The van der Waals surface area contributed by atoms with Crippen LogP contribution in [0.1, 0.15) is 49.6 Å². The van der Waals surface area contributed by atoms with Crippen LogP contribution in [0, 0.1) is 6.92 Å². The van der Waals surface area contributed by atoms with Crippen molar-refractivity contribution in [2.45, 2.75) is 46.6 Å². The number of aromatic nitrogens is 2. The second kappa shape index (κ2) is 6.77. The van der Waals surface area contributed by atoms with E-state index < -0.39 is 0 Å². The van der Waals surface area contributed by atoms with Crippen molar-refractivity contribution in [1.29, 1.82) is 0 Å². The van der Waals surface area contributed by atoms with Gasteiger partial charge in [-0.1, -0.05) is 25.1 Å². The molecule has 2 aromatic rings. The van der Waals surface area contributed by atoms with E-state index >= 15 is 0 Å². The molecule has 1 aromatic heterocycles. The molecule has 0 bridgehead atoms. The van der Waals surface area contributed by atoms with Gasteiger partial charge >= 0.3 is 0 Å². The lowest BCUT2D eigenvalue weighted by Crippen LogP contribution is -2.41. The number of hydrogen-bond donors (Lipinski definition) is 2. The Morgan fingerprint density at radius 3 is 2.52 bits per heavy atom. The van der Waals surface area contributed by atoms with Crippen molar-refractivity contribution in [2.24, 2.45) is 0 Å². The third-order valence-corrected chi connectivity index (χ3v) is 3.22. The van der Waals surface area contributed by atoms with Gasteiger partial charge in [0.15, 0.2) is 0 Å². The van der Waals surface area contributed by atoms with Crippen LogP contribution in [0.4, 0.5) is 11.5 Å². The topological polar surface area (TPSA) is 66.9 Å². The highest BCUT2D eigenvalue weighted by molar-refractivity contribution is 5.93. The highest BCUT2D eigenvalue weighted by Gasteiger charge is 2.17. The number of nitrogens with one attached hydrogen (secondary N) is 2. The fraction of sp³-hybridized carbons (Fsp3) is 0.389. The van der Waals surface area contributed by atoms with Gasteiger partial charge in [0.25, 0.3) is 5.91 Å². The summed E-state index contributed by atoms with van der Waals surface area (Å²) in [5.74, 6) is 0.982. The maximum atomic E-state index is 12.3. The first-order valence-corrected chi connectivity index (χ1v) is 7.81. The first kappa shape index (κ1) is 16.9. The van der Waals surface area contributed by atoms with Gasteiger partial charge in [-0.3, -0.25) is 4.79 Å². The molecule has 122 valence electrons. The minimum Gasteiger partial charge on any atom is -0.346 e. The standard InChI is InChI=1S/C18H24N4O/c1-6-13-9-7-8-10-14(13)21-16-11-15(19-12(2)20-16)17(23)22-18(3,4)5/h7-11H,6H2,1-5H3,(H,22,23)(H,19,20,21). The van der Waals surface area contributed by atoms with Gasteiger partial charge in [-0.2, -0.15) is 0 Å². The SMILES string of the molecule is CCc1ccccc1Nc1cc(C(=O)NC(C)(C)C)nc(C)n1. The monoisotopic (exact) mass is 312 g/mol. The number of nitrogens with zero attached hydrogens (tertiary/aromatic N) is 2. The van der Waals surface area contributed by atoms with Gasteiger partial charge < -0.3 is 10.6 Å². The smallest absolute Gasteiger partial charge is 0.270 e. The number of hydrogen-bond acceptors (Lipinski definition) is 4. The van der Waals surface area contributed by atoms with Crippen LogP contribution in [0.15, 0.2) is 30.3 Å². The molecule has 0 aliphatic heterocycles. The number of rotatable bonds is 4. The molecular weight excluding hydrogens is 288 g/mol. The maximum absolute atomic E-state index is 12.3. The van der Waals surface area contributed by atoms with Crippen LogP contribution in [0.25, 0.3) is 0 Å². The third-order valence-electron chi connectivity index (χ3n) is 3.22. The number of carbonyl (C=O) groups is 1. The Bertz CT molecular complexity index is 704. The summed E-state index contributed by atoms with van der Waals surface area (Å²) >= 11 is 0. The molecule has 0 unspecified atom stereocenters. The Labute approximate surface area is 137 Å². The molecule has 5 heteroatoms. The average Bonchev–Trinajstić information content (AvgIpc) is 2.45. The number of anilines is 2. The van der Waals surface area contributed by atoms with E-state index in [0.717, 1.165) is 12.1 Å². The van der Waals surface area contributed by atoms with Gasteiger partial charge in [0.2, 0.25) is 0 Å². The molecule has 1 heterocycles. The molecule has 0 spiro atoms. The molecule has 0 fully saturated rings. The molecule has 1 amide bonds. The molecule has 0 aliphatic carbocycles. The summed E-state index contributed by atoms with van der Waals surface area (Å²) in [4.78, 5) is 20.9. The van der Waals surface area contributed by atoms with Gasteiger partial charge in [0.05, 0.1) is 0 Å². The molecule has 0 aliphatic rings. The summed E-state index contributed by atoms with van der Waals surface area (Å²) in [5, 5.41) is 6.21. The van der Waals surface area contributed by atoms with Crippen molar-refractivity contribution < 1.29 is 4.79 Å². The minimum atomic E-state index is -0.307. The molecule has 0 saturated carbocycles. The van der Waals surface area contributed by atoms with Crippen LogP contribution in [0.2, 0.25) is 0 Å². The number of aryl methyl sites for hydroxylation is 2. The number of amides is 1. The van der Waals surface area contributed by atoms with E-state index in [9.17, 15) is 4.79 Å². The van der Waals surface area contributed by atoms with E-state index in [-0.39, 0.29) is 11.4 Å². The minimum absolute atomic E-state index is 0.199. The van der Waals surface area contributed by atoms with E-state index in [2.05, 4.69) is 33.6 Å². The number of benzene rings is 1. The van der Waals surface area contributed by atoms with Crippen molar-refractivity contribution in [3.63, 3.8) is 0 Å². The summed E-state index contributed by atoms with van der Waals surface area (Å²) < 4.78 is 0. The van der Waals surface area contributed by atoms with Crippen LogP contribution >= 0.6 is 0 Å². The van der Waals surface area contributed by atoms with E-state index in [4.69, 9.17) is 0 Å². The van der Waals surface area contributed by atoms with Gasteiger partial charge in [-0.05, 0) is 45.7 Å². The van der Waals surface area contributed by atoms with Gasteiger partial charge in [-0.25, -0.2) is 9.97 Å². The van der Waals surface area contributed by atoms with Crippen LogP contribution in [-0.2, 0) is 6.42 Å². The fourth-order valence-electron chi connectivity index (χ4n) is 2.24. The molecule has 5 nitrogen and oxygen atoms in total. The van der Waals surface area contributed by atoms with Gasteiger partial charge in [0, 0.05) is 17.3 Å². The summed E-state index contributed by atoms with van der Waals surface area (Å²) in [6.07, 6.45) is 0.921. The summed E-state index contributed by atoms with van der Waals surface area (Å²) in [7, 11) is 0. The summed E-state index contributed by atoms with van der Waals surface area (Å²) in [6.45, 7) is 9.71. The van der Waals surface area contributed by atoms with Gasteiger partial charge in [0.1, 0.15) is 17.3 Å². The lowest BCUT2D eigenvalue weighted by atomic mass is 10.1. The van der Waals surface area contributed by atoms with Crippen LogP contribution in [0.5, 0.6) is 0 Å². The molecule has 0 atom stereocenters. The second-order valence-corrected chi connectivity index (χ2v) is 6.53. The van der Waals surface area contributed by atoms with Crippen LogP contribution in [-0.4, -0.2) is 21.4 Å². The highest BCUT2D eigenvalue weighted by Crippen LogP contribution is 2.20. The zero-order valence-corrected chi connectivity index (χ0v) is 14.4. The average molecular weight is 312 g/mol. The molecule has 0 saturated heterocycles. The number of carbonyl (C=O) groups excluding carboxylic acids is 1. The Balaban J connectivity index is 2.29. The zero-order valence-electron chi connectivity index (χ0n) is 14.4. The van der Waals surface area contributed by atoms with Crippen molar-refractivity contribution in [3.8, 4) is 0 Å². The van der Waals surface area contributed by atoms with Crippen LogP contribution in [0.3, 0.4) is 0 Å². The Morgan fingerprint density at radius 1 is 1.17 bits per heavy atom. The normalized spacial score (nSPS) is 11.2. The van der Waals surface area contributed by atoms with Crippen molar-refractivity contribution in [2.75, 3.05) is 5.32 Å². The van der Waals surface area contributed by atoms with Crippen molar-refractivity contribution >= 4 is 17.4 Å². The lowest BCUT2D eigenvalue weighted by molar-refractivity contribution is 0.0914. The highest BCUT2D eigenvalue weighted by atomic mass is 16.2. The zero-order chi connectivity index (χ0) is 17.0. The molecule has 2 N–H and O–H groups in total. The molecule has 1 aromatic carbocycles. The van der Waals surface area contributed by atoms with Crippen LogP contribution < -0.4 is 10.6 Å². The Hall–Kier alpha value is -2.43. The third kappa shape index (κ3) is 4.77. The summed E-state index contributed by atoms with van der Waals surface area (Å²) in [5.41, 5.74) is 2.25. The molecule has 23 heavy (non-hydrogen) atoms. The predicted molar refractivity (Wildman–Crippen MR) is 93.1 cm³/mol. The van der Waals surface area contributed by atoms with E-state index in [1.807, 2.05) is 39.0 Å². The van der Waals surface area contributed by atoms with Crippen molar-refractivity contribution in [3.05, 3.63) is 47.4 Å². The lowest BCUT2D eigenvalue weighted by Gasteiger charge is -2.20.